The summed E-state index contributed by atoms with van der Waals surface area (Å²) in [4.78, 5) is 43.4. The van der Waals surface area contributed by atoms with Gasteiger partial charge >= 0.3 is 5.97 Å². The molecule has 224 valence electrons. The SMILES string of the molecule is CCOC(=O)c1sc(Nc2nc(N3CCNC(=O)C3)c3c(n2)N(Cc2ccc(NS(=O)(=O)CC)cc2)CCC3)nc1C. The molecule has 0 radical (unpaired) electrons. The Morgan fingerprint density at radius 2 is 1.88 bits per heavy atom. The molecular weight excluding hydrogens is 580 g/mol. The molecule has 0 saturated carbocycles. The molecule has 4 heterocycles. The number of hydrogen-bond acceptors (Lipinski definition) is 12. The van der Waals surface area contributed by atoms with Crippen molar-refractivity contribution < 1.29 is 22.7 Å². The maximum atomic E-state index is 12.3. The number of anilines is 5. The van der Waals surface area contributed by atoms with Crippen molar-refractivity contribution in [1.82, 2.24) is 20.3 Å². The number of aryl methyl sites for hydroxylation is 1. The van der Waals surface area contributed by atoms with Crippen LogP contribution >= 0.6 is 11.3 Å². The standard InChI is InChI=1S/C27H34N8O5S2/c1-4-40-25(37)22-17(3)29-27(41-22)32-26-30-23-20(24(31-26)35-14-12-28-21(36)16-35)7-6-13-34(23)15-18-8-10-19(11-9-18)33-42(38,39)5-2/h8-11,33H,4-7,12-16H2,1-3H3,(H,28,36)(H,29,30,31,32). The van der Waals surface area contributed by atoms with Crippen LogP contribution in [0.4, 0.5) is 28.4 Å². The smallest absolute Gasteiger partial charge is 0.350 e. The van der Waals surface area contributed by atoms with Crippen LogP contribution in [0, 0.1) is 6.92 Å². The zero-order chi connectivity index (χ0) is 29.9. The summed E-state index contributed by atoms with van der Waals surface area (Å²) in [5.41, 5.74) is 3.03. The van der Waals surface area contributed by atoms with E-state index in [-0.39, 0.29) is 24.8 Å². The van der Waals surface area contributed by atoms with Crippen LogP contribution in [0.5, 0.6) is 0 Å². The first kappa shape index (κ1) is 29.5. The van der Waals surface area contributed by atoms with Crippen LogP contribution in [0.15, 0.2) is 24.3 Å². The first-order valence-corrected chi connectivity index (χ1v) is 16.3. The lowest BCUT2D eigenvalue weighted by atomic mass is 10.0. The quantitative estimate of drug-likeness (QED) is 0.288. The number of nitrogens with zero attached hydrogens (tertiary/aromatic N) is 5. The van der Waals surface area contributed by atoms with Gasteiger partial charge in [0.2, 0.25) is 21.9 Å². The summed E-state index contributed by atoms with van der Waals surface area (Å²) in [7, 11) is -3.36. The second-order valence-electron chi connectivity index (χ2n) is 9.95. The Bertz CT molecular complexity index is 1580. The van der Waals surface area contributed by atoms with E-state index in [1.165, 1.54) is 11.3 Å². The summed E-state index contributed by atoms with van der Waals surface area (Å²) in [5, 5.41) is 6.51. The summed E-state index contributed by atoms with van der Waals surface area (Å²) < 4.78 is 31.6. The van der Waals surface area contributed by atoms with Gasteiger partial charge in [-0.15, -0.1) is 0 Å². The molecule has 1 aromatic carbocycles. The van der Waals surface area contributed by atoms with E-state index in [1.54, 1.807) is 32.9 Å². The number of hydrogen-bond donors (Lipinski definition) is 3. The number of fused-ring (bicyclic) bond motifs is 1. The highest BCUT2D eigenvalue weighted by atomic mass is 32.2. The van der Waals surface area contributed by atoms with E-state index in [2.05, 4.69) is 25.2 Å². The van der Waals surface area contributed by atoms with Crippen molar-refractivity contribution in [2.24, 2.45) is 0 Å². The molecule has 2 aliphatic heterocycles. The lowest BCUT2D eigenvalue weighted by Crippen LogP contribution is -2.48. The van der Waals surface area contributed by atoms with Crippen molar-refractivity contribution in [3.8, 4) is 0 Å². The Labute approximate surface area is 248 Å². The summed E-state index contributed by atoms with van der Waals surface area (Å²) in [6.45, 7) is 8.01. The number of esters is 1. The Kier molecular flexibility index (Phi) is 8.77. The normalized spacial score (nSPS) is 15.2. The minimum atomic E-state index is -3.36. The first-order chi connectivity index (χ1) is 20.2. The fraction of sp³-hybridized carbons (Fsp3) is 0.444. The van der Waals surface area contributed by atoms with Crippen molar-refractivity contribution in [2.45, 2.75) is 40.2 Å². The molecule has 1 amide bonds. The summed E-state index contributed by atoms with van der Waals surface area (Å²) in [6.07, 6.45) is 1.65. The highest BCUT2D eigenvalue weighted by Gasteiger charge is 2.29. The van der Waals surface area contributed by atoms with E-state index in [0.717, 1.165) is 36.3 Å². The Morgan fingerprint density at radius 1 is 1.12 bits per heavy atom. The fourth-order valence-electron chi connectivity index (χ4n) is 4.87. The lowest BCUT2D eigenvalue weighted by Gasteiger charge is -2.35. The number of carbonyl (C=O) groups excluding carboxylic acids is 2. The summed E-state index contributed by atoms with van der Waals surface area (Å²) in [6, 6.07) is 7.30. The third kappa shape index (κ3) is 6.73. The number of nitrogens with one attached hydrogen (secondary N) is 3. The molecule has 15 heteroatoms. The van der Waals surface area contributed by atoms with Gasteiger partial charge in [-0.25, -0.2) is 18.2 Å². The number of carbonyl (C=O) groups is 2. The third-order valence-corrected chi connectivity index (χ3v) is 9.27. The molecule has 0 spiro atoms. The molecule has 1 fully saturated rings. The van der Waals surface area contributed by atoms with Gasteiger partial charge in [-0.2, -0.15) is 9.97 Å². The lowest BCUT2D eigenvalue weighted by molar-refractivity contribution is -0.120. The Balaban J connectivity index is 1.46. The zero-order valence-electron chi connectivity index (χ0n) is 23.8. The summed E-state index contributed by atoms with van der Waals surface area (Å²) in [5.74, 6) is 1.28. The molecule has 0 bridgehead atoms. The van der Waals surface area contributed by atoms with Gasteiger partial charge in [0.05, 0.1) is 24.6 Å². The van der Waals surface area contributed by atoms with E-state index in [4.69, 9.17) is 14.7 Å². The van der Waals surface area contributed by atoms with Crippen LogP contribution < -0.4 is 25.2 Å². The van der Waals surface area contributed by atoms with E-state index in [1.807, 2.05) is 17.0 Å². The van der Waals surface area contributed by atoms with Gasteiger partial charge in [-0.05, 0) is 51.3 Å². The molecule has 42 heavy (non-hydrogen) atoms. The van der Waals surface area contributed by atoms with Crippen molar-refractivity contribution in [2.75, 3.05) is 58.4 Å². The number of rotatable bonds is 10. The molecule has 0 atom stereocenters. The molecule has 13 nitrogen and oxygen atoms in total. The first-order valence-electron chi connectivity index (χ1n) is 13.8. The molecule has 0 unspecified atom stereocenters. The average Bonchev–Trinajstić information content (AvgIpc) is 3.33. The average molecular weight is 615 g/mol. The van der Waals surface area contributed by atoms with E-state index < -0.39 is 16.0 Å². The fourth-order valence-corrected chi connectivity index (χ4v) is 6.36. The van der Waals surface area contributed by atoms with Crippen LogP contribution in [-0.4, -0.2) is 73.8 Å². The van der Waals surface area contributed by atoms with E-state index in [9.17, 15) is 18.0 Å². The minimum absolute atomic E-state index is 0.00109. The molecule has 3 N–H and O–H groups in total. The molecule has 5 rings (SSSR count). The van der Waals surface area contributed by atoms with Crippen LogP contribution in [0.3, 0.4) is 0 Å². The predicted molar refractivity (Wildman–Crippen MR) is 162 cm³/mol. The second kappa shape index (κ2) is 12.5. The topological polar surface area (TPSA) is 159 Å². The van der Waals surface area contributed by atoms with Crippen molar-refractivity contribution in [3.05, 3.63) is 46.0 Å². The number of amides is 1. The van der Waals surface area contributed by atoms with Crippen LogP contribution in [0.1, 0.15) is 46.8 Å². The molecule has 2 aliphatic rings. The maximum absolute atomic E-state index is 12.3. The van der Waals surface area contributed by atoms with Gasteiger partial charge in [0.15, 0.2) is 5.13 Å². The molecular formula is C27H34N8O5S2. The Hall–Kier alpha value is -3.98. The van der Waals surface area contributed by atoms with Crippen molar-refractivity contribution in [1.29, 1.82) is 0 Å². The third-order valence-electron chi connectivity index (χ3n) is 6.91. The van der Waals surface area contributed by atoms with Gasteiger partial charge in [-0.1, -0.05) is 23.5 Å². The number of benzene rings is 1. The molecule has 0 aliphatic carbocycles. The molecule has 3 aromatic rings. The zero-order valence-corrected chi connectivity index (χ0v) is 25.4. The van der Waals surface area contributed by atoms with Crippen molar-refractivity contribution >= 4 is 61.6 Å². The number of sulfonamides is 1. The van der Waals surface area contributed by atoms with E-state index in [0.29, 0.717) is 52.8 Å². The maximum Gasteiger partial charge on any atom is 0.350 e. The molecule has 1 saturated heterocycles. The van der Waals surface area contributed by atoms with E-state index >= 15 is 0 Å². The Morgan fingerprint density at radius 3 is 2.60 bits per heavy atom. The summed E-state index contributed by atoms with van der Waals surface area (Å²) >= 11 is 1.17. The highest BCUT2D eigenvalue weighted by molar-refractivity contribution is 7.92. The minimum Gasteiger partial charge on any atom is -0.462 e. The van der Waals surface area contributed by atoms with Gasteiger partial charge in [-0.3, -0.25) is 14.8 Å². The number of piperazine rings is 1. The van der Waals surface area contributed by atoms with Gasteiger partial charge in [0, 0.05) is 37.4 Å². The van der Waals surface area contributed by atoms with Crippen LogP contribution in [-0.2, 0) is 32.5 Å². The number of thiazole rings is 1. The predicted octanol–water partition coefficient (Wildman–Crippen LogP) is 2.81. The number of aromatic nitrogens is 3. The largest absolute Gasteiger partial charge is 0.462 e. The monoisotopic (exact) mass is 614 g/mol. The van der Waals surface area contributed by atoms with Crippen molar-refractivity contribution in [3.63, 3.8) is 0 Å². The van der Waals surface area contributed by atoms with Crippen LogP contribution in [0.2, 0.25) is 0 Å². The van der Waals surface area contributed by atoms with Gasteiger partial charge in [0.1, 0.15) is 16.5 Å². The van der Waals surface area contributed by atoms with Crippen LogP contribution in [0.25, 0.3) is 0 Å². The van der Waals surface area contributed by atoms with Gasteiger partial charge in [0.25, 0.3) is 0 Å². The highest BCUT2D eigenvalue weighted by Crippen LogP contribution is 2.36. The van der Waals surface area contributed by atoms with Gasteiger partial charge < -0.3 is 19.9 Å². The number of ether oxygens (including phenoxy) is 1. The second-order valence-corrected chi connectivity index (χ2v) is 13.0. The molecule has 2 aromatic heterocycles.